The summed E-state index contributed by atoms with van der Waals surface area (Å²) in [5, 5.41) is 9.27. The third kappa shape index (κ3) is 6.37. The van der Waals surface area contributed by atoms with Crippen LogP contribution in [0.2, 0.25) is 0 Å². The number of carbonyl (C=O) groups is 3. The van der Waals surface area contributed by atoms with Crippen LogP contribution in [-0.4, -0.2) is 88.8 Å². The zero-order valence-electron chi connectivity index (χ0n) is 28.6. The molecule has 1 aromatic rings. The standard InChI is InChI=1S/C37H55N3O6/c1-8-16-27(6)38(21-9-2)35(44)32-37-25-26(5)36(7,46-37)30(31(37)34(43)40(32)23-14-12-13-15-24-41)33(42)39(22-10-3)28-17-19-29(20-18-28)45-11-4/h9-10,17-20,26-27,30-32,41H,2-3,8,11-16,21-25H2,1,4-7H3/t26?,27?,30-,31+,32?,36+,37?/m1/s1. The van der Waals surface area contributed by atoms with Crippen molar-refractivity contribution in [1.29, 1.82) is 0 Å². The first-order valence-corrected chi connectivity index (χ1v) is 17.2. The van der Waals surface area contributed by atoms with Crippen molar-refractivity contribution in [2.24, 2.45) is 17.8 Å². The molecular weight excluding hydrogens is 582 g/mol. The Bertz CT molecular complexity index is 1250. The second-order valence-corrected chi connectivity index (χ2v) is 13.5. The van der Waals surface area contributed by atoms with Gasteiger partial charge in [0.1, 0.15) is 17.4 Å². The summed E-state index contributed by atoms with van der Waals surface area (Å²) < 4.78 is 12.6. The minimum absolute atomic E-state index is 0.0424. The molecule has 3 fully saturated rings. The van der Waals surface area contributed by atoms with E-state index in [0.29, 0.717) is 50.4 Å². The fourth-order valence-electron chi connectivity index (χ4n) is 8.25. The largest absolute Gasteiger partial charge is 0.494 e. The summed E-state index contributed by atoms with van der Waals surface area (Å²) in [6, 6.07) is 6.51. The lowest BCUT2D eigenvalue weighted by Crippen LogP contribution is -2.58. The normalized spacial score (nSPS) is 28.6. The van der Waals surface area contributed by atoms with Gasteiger partial charge in [-0.2, -0.15) is 0 Å². The van der Waals surface area contributed by atoms with Gasteiger partial charge in [0.05, 0.1) is 24.0 Å². The van der Waals surface area contributed by atoms with E-state index in [9.17, 15) is 19.5 Å². The van der Waals surface area contributed by atoms with Crippen molar-refractivity contribution < 1.29 is 29.0 Å². The van der Waals surface area contributed by atoms with E-state index in [1.807, 2.05) is 49.9 Å². The Hall–Kier alpha value is -3.17. The van der Waals surface area contributed by atoms with Crippen LogP contribution >= 0.6 is 0 Å². The molecule has 0 radical (unpaired) electrons. The fourth-order valence-corrected chi connectivity index (χ4v) is 8.25. The molecule has 3 saturated heterocycles. The number of aliphatic hydroxyl groups excluding tert-OH is 1. The third-order valence-corrected chi connectivity index (χ3v) is 10.5. The van der Waals surface area contributed by atoms with Gasteiger partial charge in [-0.25, -0.2) is 0 Å². The van der Waals surface area contributed by atoms with Gasteiger partial charge in [0, 0.05) is 38.0 Å². The Labute approximate surface area is 275 Å². The maximum Gasteiger partial charge on any atom is 0.248 e. The first-order chi connectivity index (χ1) is 22.1. The van der Waals surface area contributed by atoms with Crippen LogP contribution < -0.4 is 9.64 Å². The van der Waals surface area contributed by atoms with Crippen molar-refractivity contribution in [3.63, 3.8) is 0 Å². The predicted octanol–water partition coefficient (Wildman–Crippen LogP) is 5.37. The summed E-state index contributed by atoms with van der Waals surface area (Å²) in [5.74, 6) is -1.41. The molecule has 3 aliphatic heterocycles. The summed E-state index contributed by atoms with van der Waals surface area (Å²) in [7, 11) is 0. The van der Waals surface area contributed by atoms with E-state index in [0.717, 1.165) is 25.7 Å². The highest BCUT2D eigenvalue weighted by Crippen LogP contribution is 2.65. The van der Waals surface area contributed by atoms with Gasteiger partial charge >= 0.3 is 0 Å². The number of rotatable bonds is 18. The van der Waals surface area contributed by atoms with Crippen LogP contribution in [0.5, 0.6) is 5.75 Å². The minimum atomic E-state index is -1.11. The number of fused-ring (bicyclic) bond motifs is 1. The maximum absolute atomic E-state index is 14.8. The van der Waals surface area contributed by atoms with Crippen molar-refractivity contribution in [3.8, 4) is 5.75 Å². The van der Waals surface area contributed by atoms with E-state index in [4.69, 9.17) is 9.47 Å². The minimum Gasteiger partial charge on any atom is -0.494 e. The number of likely N-dealkylation sites (tertiary alicyclic amines) is 1. The number of anilines is 1. The molecule has 2 bridgehead atoms. The van der Waals surface area contributed by atoms with Gasteiger partial charge in [-0.1, -0.05) is 45.3 Å². The zero-order chi connectivity index (χ0) is 33.6. The summed E-state index contributed by atoms with van der Waals surface area (Å²) in [4.78, 5) is 49.5. The van der Waals surface area contributed by atoms with E-state index in [2.05, 4.69) is 27.0 Å². The van der Waals surface area contributed by atoms with E-state index in [1.54, 1.807) is 22.0 Å². The highest BCUT2D eigenvalue weighted by atomic mass is 16.5. The number of nitrogens with zero attached hydrogens (tertiary/aromatic N) is 3. The van der Waals surface area contributed by atoms with Gasteiger partial charge in [-0.15, -0.1) is 13.2 Å². The molecule has 0 aliphatic carbocycles. The van der Waals surface area contributed by atoms with Gasteiger partial charge < -0.3 is 29.3 Å². The number of hydrogen-bond donors (Lipinski definition) is 1. The molecule has 4 rings (SSSR count). The fraction of sp³-hybridized carbons (Fsp3) is 0.649. The van der Waals surface area contributed by atoms with Gasteiger partial charge in [-0.05, 0) is 76.6 Å². The van der Waals surface area contributed by atoms with Crippen LogP contribution in [0.3, 0.4) is 0 Å². The molecule has 46 heavy (non-hydrogen) atoms. The number of hydrogen-bond acceptors (Lipinski definition) is 6. The summed E-state index contributed by atoms with van der Waals surface area (Å²) in [5.41, 5.74) is -1.35. The molecule has 3 aliphatic rings. The van der Waals surface area contributed by atoms with E-state index < -0.39 is 29.1 Å². The second-order valence-electron chi connectivity index (χ2n) is 13.5. The second kappa shape index (κ2) is 15.2. The van der Waals surface area contributed by atoms with E-state index in [-0.39, 0.29) is 42.8 Å². The third-order valence-electron chi connectivity index (χ3n) is 10.5. The highest BCUT2D eigenvalue weighted by molar-refractivity contribution is 6.03. The molecule has 7 atom stereocenters. The summed E-state index contributed by atoms with van der Waals surface area (Å²) >= 11 is 0. The van der Waals surface area contributed by atoms with Crippen molar-refractivity contribution >= 4 is 23.4 Å². The van der Waals surface area contributed by atoms with Gasteiger partial charge in [-0.3, -0.25) is 14.4 Å². The Kier molecular flexibility index (Phi) is 11.8. The molecule has 1 aromatic carbocycles. The van der Waals surface area contributed by atoms with Gasteiger partial charge in [0.15, 0.2) is 0 Å². The molecule has 0 saturated carbocycles. The molecule has 1 N–H and O–H groups in total. The van der Waals surface area contributed by atoms with Crippen molar-refractivity contribution in [3.05, 3.63) is 49.6 Å². The number of carbonyl (C=O) groups excluding carboxylic acids is 3. The van der Waals surface area contributed by atoms with Crippen LogP contribution in [0.4, 0.5) is 5.69 Å². The Balaban J connectivity index is 1.77. The number of amides is 3. The van der Waals surface area contributed by atoms with Gasteiger partial charge in [0.2, 0.25) is 17.7 Å². The first-order valence-electron chi connectivity index (χ1n) is 17.2. The molecule has 1 spiro atoms. The number of benzene rings is 1. The van der Waals surface area contributed by atoms with Crippen molar-refractivity contribution in [2.45, 2.75) is 103 Å². The maximum atomic E-state index is 14.8. The zero-order valence-corrected chi connectivity index (χ0v) is 28.6. The molecule has 0 aromatic heterocycles. The lowest BCUT2D eigenvalue weighted by Gasteiger charge is -2.40. The molecule has 3 heterocycles. The molecule has 9 heteroatoms. The average Bonchev–Trinajstić information content (AvgIpc) is 3.54. The van der Waals surface area contributed by atoms with E-state index >= 15 is 0 Å². The lowest BCUT2D eigenvalue weighted by molar-refractivity contribution is -0.153. The first kappa shape index (κ1) is 35.7. The lowest BCUT2D eigenvalue weighted by atomic mass is 9.62. The Morgan fingerprint density at radius 2 is 1.78 bits per heavy atom. The molecule has 4 unspecified atom stereocenters. The molecular formula is C37H55N3O6. The Morgan fingerprint density at radius 3 is 2.39 bits per heavy atom. The van der Waals surface area contributed by atoms with Gasteiger partial charge in [0.25, 0.3) is 0 Å². The smallest absolute Gasteiger partial charge is 0.248 e. The number of unbranched alkanes of at least 4 members (excludes halogenated alkanes) is 3. The SMILES string of the molecule is C=CCN(C(=O)[C@H]1[C@H]2C(=O)N(CCCCCCO)C(C(=O)N(CC=C)C(C)CCC)C23CC(C)[C@]1(C)O3)c1ccc(OCC)cc1. The van der Waals surface area contributed by atoms with Crippen LogP contribution in [0.1, 0.15) is 79.6 Å². The summed E-state index contributed by atoms with van der Waals surface area (Å²) in [6.07, 6.45) is 8.76. The molecule has 254 valence electrons. The monoisotopic (exact) mass is 637 g/mol. The topological polar surface area (TPSA) is 99.6 Å². The van der Waals surface area contributed by atoms with Crippen LogP contribution in [-0.2, 0) is 19.1 Å². The van der Waals surface area contributed by atoms with Crippen molar-refractivity contribution in [2.75, 3.05) is 37.7 Å². The predicted molar refractivity (Wildman–Crippen MR) is 180 cm³/mol. The Morgan fingerprint density at radius 1 is 1.11 bits per heavy atom. The van der Waals surface area contributed by atoms with Crippen LogP contribution in [0.15, 0.2) is 49.6 Å². The van der Waals surface area contributed by atoms with Crippen LogP contribution in [0, 0.1) is 17.8 Å². The summed E-state index contributed by atoms with van der Waals surface area (Å²) in [6.45, 7) is 19.6. The average molecular weight is 638 g/mol. The quantitative estimate of drug-likeness (QED) is 0.172. The molecule has 9 nitrogen and oxygen atoms in total. The van der Waals surface area contributed by atoms with E-state index in [1.165, 1.54) is 0 Å². The highest BCUT2D eigenvalue weighted by Gasteiger charge is 2.80. The van der Waals surface area contributed by atoms with Crippen molar-refractivity contribution in [1.82, 2.24) is 9.80 Å². The molecule has 3 amide bonds. The number of ether oxygens (including phenoxy) is 2. The number of aliphatic hydroxyl groups is 1. The van der Waals surface area contributed by atoms with Crippen LogP contribution in [0.25, 0.3) is 0 Å².